The van der Waals surface area contributed by atoms with Crippen molar-refractivity contribution in [2.45, 2.75) is 13.3 Å². The van der Waals surface area contributed by atoms with Crippen molar-refractivity contribution in [3.8, 4) is 5.75 Å². The minimum absolute atomic E-state index is 0.125. The van der Waals surface area contributed by atoms with Gasteiger partial charge in [0.1, 0.15) is 5.75 Å². The number of nitrogens with zero attached hydrogens (tertiary/aromatic N) is 1. The van der Waals surface area contributed by atoms with Crippen LogP contribution < -0.4 is 5.32 Å². The zero-order valence-corrected chi connectivity index (χ0v) is 11.2. The van der Waals surface area contributed by atoms with Gasteiger partial charge in [-0.25, -0.2) is 0 Å². The summed E-state index contributed by atoms with van der Waals surface area (Å²) in [5, 5.41) is 23.2. The molecule has 2 rings (SSSR count). The van der Waals surface area contributed by atoms with Crippen LogP contribution in [0.4, 0.5) is 11.4 Å². The molecule has 2 aromatic rings. The van der Waals surface area contributed by atoms with Crippen LogP contribution in [0.15, 0.2) is 42.5 Å². The molecule has 0 aliphatic heterocycles. The summed E-state index contributed by atoms with van der Waals surface area (Å²) in [4.78, 5) is 10.5. The third-order valence-corrected chi connectivity index (χ3v) is 3.08. The Balaban J connectivity index is 1.96. The average molecular weight is 272 g/mol. The van der Waals surface area contributed by atoms with Crippen molar-refractivity contribution >= 4 is 11.4 Å². The van der Waals surface area contributed by atoms with Gasteiger partial charge in [0, 0.05) is 23.9 Å². The zero-order valence-electron chi connectivity index (χ0n) is 11.2. The van der Waals surface area contributed by atoms with Gasteiger partial charge in [-0.05, 0) is 37.1 Å². The van der Waals surface area contributed by atoms with Crippen molar-refractivity contribution in [1.82, 2.24) is 0 Å². The number of aromatic hydroxyl groups is 1. The topological polar surface area (TPSA) is 75.4 Å². The minimum Gasteiger partial charge on any atom is -0.508 e. The van der Waals surface area contributed by atoms with Gasteiger partial charge in [0.2, 0.25) is 0 Å². The quantitative estimate of drug-likeness (QED) is 0.647. The van der Waals surface area contributed by atoms with Gasteiger partial charge in [0.25, 0.3) is 5.69 Å². The van der Waals surface area contributed by atoms with E-state index in [1.165, 1.54) is 0 Å². The highest BCUT2D eigenvalue weighted by Crippen LogP contribution is 2.22. The van der Waals surface area contributed by atoms with E-state index in [4.69, 9.17) is 0 Å². The number of hydrogen-bond acceptors (Lipinski definition) is 4. The van der Waals surface area contributed by atoms with E-state index >= 15 is 0 Å². The van der Waals surface area contributed by atoms with Crippen molar-refractivity contribution in [2.75, 3.05) is 11.9 Å². The van der Waals surface area contributed by atoms with E-state index in [9.17, 15) is 15.2 Å². The molecule has 0 aromatic heterocycles. The molecule has 5 nitrogen and oxygen atoms in total. The Bertz CT molecular complexity index is 609. The normalized spacial score (nSPS) is 10.2. The Morgan fingerprint density at radius 3 is 2.55 bits per heavy atom. The first kappa shape index (κ1) is 13.9. The van der Waals surface area contributed by atoms with Crippen LogP contribution >= 0.6 is 0 Å². The van der Waals surface area contributed by atoms with Gasteiger partial charge in [0.05, 0.1) is 4.92 Å². The number of anilines is 1. The molecule has 0 unspecified atom stereocenters. The van der Waals surface area contributed by atoms with Gasteiger partial charge in [0.15, 0.2) is 0 Å². The highest BCUT2D eigenvalue weighted by Gasteiger charge is 2.10. The number of aryl methyl sites for hydroxylation is 1. The molecular formula is C15H16N2O3. The van der Waals surface area contributed by atoms with E-state index in [0.717, 1.165) is 17.7 Å². The molecule has 0 heterocycles. The van der Waals surface area contributed by atoms with Gasteiger partial charge in [-0.1, -0.05) is 18.2 Å². The Morgan fingerprint density at radius 2 is 1.90 bits per heavy atom. The zero-order chi connectivity index (χ0) is 14.5. The van der Waals surface area contributed by atoms with E-state index in [2.05, 4.69) is 5.32 Å². The standard InChI is InChI=1S/C15H16N2O3/c1-11-2-5-13(10-15(11)17(19)20)16-9-8-12-3-6-14(18)7-4-12/h2-7,10,16,18H,8-9H2,1H3. The Hall–Kier alpha value is -2.56. The summed E-state index contributed by atoms with van der Waals surface area (Å²) in [5.74, 6) is 0.246. The maximum absolute atomic E-state index is 10.9. The largest absolute Gasteiger partial charge is 0.508 e. The average Bonchev–Trinajstić information content (AvgIpc) is 2.42. The molecule has 20 heavy (non-hydrogen) atoms. The van der Waals surface area contributed by atoms with Gasteiger partial charge >= 0.3 is 0 Å². The Kier molecular flexibility index (Phi) is 4.20. The minimum atomic E-state index is -0.375. The predicted molar refractivity (Wildman–Crippen MR) is 78.1 cm³/mol. The summed E-state index contributed by atoms with van der Waals surface area (Å²) in [6.07, 6.45) is 0.780. The molecule has 0 aliphatic carbocycles. The summed E-state index contributed by atoms with van der Waals surface area (Å²) in [7, 11) is 0. The fraction of sp³-hybridized carbons (Fsp3) is 0.200. The highest BCUT2D eigenvalue weighted by molar-refractivity contribution is 5.54. The number of nitro groups is 1. The van der Waals surface area contributed by atoms with Crippen LogP contribution in [0.3, 0.4) is 0 Å². The molecule has 2 N–H and O–H groups in total. The molecule has 0 amide bonds. The Labute approximate surface area is 117 Å². The van der Waals surface area contributed by atoms with Crippen molar-refractivity contribution in [3.63, 3.8) is 0 Å². The van der Waals surface area contributed by atoms with Crippen LogP contribution in [0.25, 0.3) is 0 Å². The molecule has 0 radical (unpaired) electrons. The fourth-order valence-corrected chi connectivity index (χ4v) is 1.93. The number of phenolic OH excluding ortho intramolecular Hbond substituents is 1. The van der Waals surface area contributed by atoms with Crippen LogP contribution in [0.2, 0.25) is 0 Å². The molecular weight excluding hydrogens is 256 g/mol. The van der Waals surface area contributed by atoms with Gasteiger partial charge in [-0.2, -0.15) is 0 Å². The second kappa shape index (κ2) is 6.06. The van der Waals surface area contributed by atoms with Crippen LogP contribution in [0.5, 0.6) is 5.75 Å². The lowest BCUT2D eigenvalue weighted by Gasteiger charge is -2.07. The molecule has 2 aromatic carbocycles. The van der Waals surface area contributed by atoms with E-state index in [1.807, 2.05) is 18.2 Å². The first-order valence-electron chi connectivity index (χ1n) is 6.33. The third kappa shape index (κ3) is 3.47. The van der Waals surface area contributed by atoms with E-state index in [1.54, 1.807) is 31.2 Å². The lowest BCUT2D eigenvalue weighted by atomic mass is 10.1. The third-order valence-electron chi connectivity index (χ3n) is 3.08. The van der Waals surface area contributed by atoms with Gasteiger partial charge in [-0.15, -0.1) is 0 Å². The lowest BCUT2D eigenvalue weighted by Crippen LogP contribution is -2.05. The molecule has 5 heteroatoms. The van der Waals surface area contributed by atoms with E-state index in [0.29, 0.717) is 12.1 Å². The molecule has 0 bridgehead atoms. The maximum atomic E-state index is 10.9. The molecule has 0 saturated carbocycles. The van der Waals surface area contributed by atoms with Crippen LogP contribution in [0, 0.1) is 17.0 Å². The SMILES string of the molecule is Cc1ccc(NCCc2ccc(O)cc2)cc1[N+](=O)[O-]. The van der Waals surface area contributed by atoms with Crippen molar-refractivity contribution in [3.05, 3.63) is 63.7 Å². The Morgan fingerprint density at radius 1 is 1.20 bits per heavy atom. The first-order chi connectivity index (χ1) is 9.56. The van der Waals surface area contributed by atoms with Crippen LogP contribution in [0.1, 0.15) is 11.1 Å². The molecule has 0 fully saturated rings. The molecule has 0 aliphatic rings. The van der Waals surface area contributed by atoms with Crippen LogP contribution in [-0.4, -0.2) is 16.6 Å². The number of nitrogens with one attached hydrogen (secondary N) is 1. The molecule has 0 spiro atoms. The smallest absolute Gasteiger partial charge is 0.274 e. The number of nitro benzene ring substituents is 1. The fourth-order valence-electron chi connectivity index (χ4n) is 1.93. The van der Waals surface area contributed by atoms with E-state index < -0.39 is 0 Å². The summed E-state index contributed by atoms with van der Waals surface area (Å²) in [6.45, 7) is 2.39. The van der Waals surface area contributed by atoms with E-state index in [-0.39, 0.29) is 16.4 Å². The lowest BCUT2D eigenvalue weighted by molar-refractivity contribution is -0.385. The predicted octanol–water partition coefficient (Wildman–Crippen LogP) is 3.26. The molecule has 104 valence electrons. The summed E-state index contributed by atoms with van der Waals surface area (Å²) < 4.78 is 0. The monoisotopic (exact) mass is 272 g/mol. The van der Waals surface area contributed by atoms with Crippen molar-refractivity contribution in [1.29, 1.82) is 0 Å². The maximum Gasteiger partial charge on any atom is 0.274 e. The highest BCUT2D eigenvalue weighted by atomic mass is 16.6. The van der Waals surface area contributed by atoms with Crippen LogP contribution in [-0.2, 0) is 6.42 Å². The summed E-state index contributed by atoms with van der Waals surface area (Å²) >= 11 is 0. The second-order valence-corrected chi connectivity index (χ2v) is 4.60. The summed E-state index contributed by atoms with van der Waals surface area (Å²) in [5.41, 5.74) is 2.61. The van der Waals surface area contributed by atoms with Crippen molar-refractivity contribution in [2.24, 2.45) is 0 Å². The second-order valence-electron chi connectivity index (χ2n) is 4.60. The van der Waals surface area contributed by atoms with Gasteiger partial charge < -0.3 is 10.4 Å². The number of benzene rings is 2. The first-order valence-corrected chi connectivity index (χ1v) is 6.33. The molecule has 0 saturated heterocycles. The molecule has 0 atom stereocenters. The van der Waals surface area contributed by atoms with Crippen molar-refractivity contribution < 1.29 is 10.0 Å². The number of rotatable bonds is 5. The number of hydrogen-bond donors (Lipinski definition) is 2. The van der Waals surface area contributed by atoms with Gasteiger partial charge in [-0.3, -0.25) is 10.1 Å². The summed E-state index contributed by atoms with van der Waals surface area (Å²) in [6, 6.07) is 12.1. The number of phenols is 1.